The number of aromatic nitrogens is 4. The van der Waals surface area contributed by atoms with E-state index in [9.17, 15) is 0 Å². The lowest BCUT2D eigenvalue weighted by Crippen LogP contribution is -2.15. The van der Waals surface area contributed by atoms with Crippen LogP contribution in [-0.4, -0.2) is 45.6 Å². The van der Waals surface area contributed by atoms with Crippen molar-refractivity contribution in [3.05, 3.63) is 60.3 Å². The Kier molecular flexibility index (Phi) is 4.53. The van der Waals surface area contributed by atoms with Crippen molar-refractivity contribution in [1.29, 1.82) is 0 Å². The number of nitrogens with zero attached hydrogens (tertiary/aromatic N) is 4. The fourth-order valence-corrected chi connectivity index (χ4v) is 4.17. The van der Waals surface area contributed by atoms with Crippen molar-refractivity contribution in [1.82, 2.24) is 25.3 Å². The number of hydroxylamine groups is 2. The van der Waals surface area contributed by atoms with Crippen LogP contribution in [0.15, 0.2) is 53.5 Å². The standard InChI is InChI=1S/C23H21N5O4/c1-28-13-15(9-12-30-28)16-5-6-17-21(25-23(24-17)14-7-10-29-11-8-14)22(16)31-19-4-2-3-18-20(19)27-32-26-18/h2-6,9,12-14H,7-8,10-11H2,1H3,(H,24,25). The molecular formula is C23H21N5O4. The summed E-state index contributed by atoms with van der Waals surface area (Å²) in [6.45, 7) is 1.50. The highest BCUT2D eigenvalue weighted by Crippen LogP contribution is 2.40. The van der Waals surface area contributed by atoms with E-state index in [1.165, 1.54) is 0 Å². The molecule has 0 amide bonds. The average molecular weight is 431 g/mol. The van der Waals surface area contributed by atoms with Gasteiger partial charge in [0.25, 0.3) is 0 Å². The first-order valence-electron chi connectivity index (χ1n) is 10.5. The summed E-state index contributed by atoms with van der Waals surface area (Å²) in [5.41, 5.74) is 4.70. The zero-order chi connectivity index (χ0) is 21.5. The average Bonchev–Trinajstić information content (AvgIpc) is 3.48. The summed E-state index contributed by atoms with van der Waals surface area (Å²) < 4.78 is 16.9. The summed E-state index contributed by atoms with van der Waals surface area (Å²) >= 11 is 0. The van der Waals surface area contributed by atoms with E-state index < -0.39 is 0 Å². The van der Waals surface area contributed by atoms with Gasteiger partial charge in [-0.25, -0.2) is 14.7 Å². The Morgan fingerprint density at radius 1 is 1.09 bits per heavy atom. The molecule has 2 aromatic heterocycles. The van der Waals surface area contributed by atoms with Gasteiger partial charge in [-0.15, -0.1) is 0 Å². The Morgan fingerprint density at radius 2 is 2.00 bits per heavy atom. The Balaban J connectivity index is 1.51. The zero-order valence-electron chi connectivity index (χ0n) is 17.4. The number of rotatable bonds is 4. The van der Waals surface area contributed by atoms with Crippen molar-refractivity contribution in [2.75, 3.05) is 20.3 Å². The maximum atomic E-state index is 6.48. The highest BCUT2D eigenvalue weighted by atomic mass is 16.7. The van der Waals surface area contributed by atoms with Crippen molar-refractivity contribution in [2.24, 2.45) is 0 Å². The number of aromatic amines is 1. The SMILES string of the molecule is CN1C=C(c2ccc3[nH]c(C4CCOCC4)nc3c2Oc2cccc3nonc23)C=CO1. The third-order valence-corrected chi connectivity index (χ3v) is 5.80. The highest BCUT2D eigenvalue weighted by Gasteiger charge is 2.23. The molecule has 162 valence electrons. The van der Waals surface area contributed by atoms with Crippen molar-refractivity contribution in [3.8, 4) is 11.5 Å². The largest absolute Gasteiger partial charge is 0.452 e. The van der Waals surface area contributed by atoms with E-state index in [0.29, 0.717) is 28.5 Å². The quantitative estimate of drug-likeness (QED) is 0.504. The smallest absolute Gasteiger partial charge is 0.177 e. The second-order valence-corrected chi connectivity index (χ2v) is 7.88. The van der Waals surface area contributed by atoms with Gasteiger partial charge in [0.1, 0.15) is 23.1 Å². The molecule has 32 heavy (non-hydrogen) atoms. The van der Waals surface area contributed by atoms with Crippen molar-refractivity contribution in [2.45, 2.75) is 18.8 Å². The molecule has 6 rings (SSSR count). The molecule has 0 aliphatic carbocycles. The second-order valence-electron chi connectivity index (χ2n) is 7.88. The molecule has 0 bridgehead atoms. The fourth-order valence-electron chi connectivity index (χ4n) is 4.17. The van der Waals surface area contributed by atoms with Gasteiger partial charge in [-0.1, -0.05) is 6.07 Å². The monoisotopic (exact) mass is 431 g/mol. The summed E-state index contributed by atoms with van der Waals surface area (Å²) in [5, 5.41) is 9.59. The minimum atomic E-state index is 0.337. The molecule has 1 saturated heterocycles. The molecule has 0 atom stereocenters. The molecule has 0 unspecified atom stereocenters. The number of imidazole rings is 1. The molecule has 2 aliphatic rings. The predicted octanol–water partition coefficient (Wildman–Crippen LogP) is 4.52. The second kappa shape index (κ2) is 7.69. The lowest BCUT2D eigenvalue weighted by molar-refractivity contribution is -0.0331. The minimum absolute atomic E-state index is 0.337. The molecule has 1 N–H and O–H groups in total. The third-order valence-electron chi connectivity index (χ3n) is 5.80. The van der Waals surface area contributed by atoms with Gasteiger partial charge in [-0.05, 0) is 53.5 Å². The van der Waals surface area contributed by atoms with Gasteiger partial charge < -0.3 is 19.3 Å². The van der Waals surface area contributed by atoms with Crippen LogP contribution in [0.5, 0.6) is 11.5 Å². The Labute approximate surface area is 183 Å². The maximum Gasteiger partial charge on any atom is 0.177 e. The molecule has 0 spiro atoms. The fraction of sp³-hybridized carbons (Fsp3) is 0.261. The van der Waals surface area contributed by atoms with Gasteiger partial charge in [-0.3, -0.25) is 0 Å². The van der Waals surface area contributed by atoms with E-state index in [4.69, 9.17) is 23.9 Å². The zero-order valence-corrected chi connectivity index (χ0v) is 17.4. The molecule has 9 heteroatoms. The van der Waals surface area contributed by atoms with E-state index in [-0.39, 0.29) is 0 Å². The molecule has 1 fully saturated rings. The van der Waals surface area contributed by atoms with Gasteiger partial charge in [0.2, 0.25) is 0 Å². The first-order valence-corrected chi connectivity index (χ1v) is 10.5. The van der Waals surface area contributed by atoms with Crippen LogP contribution < -0.4 is 4.74 Å². The lowest BCUT2D eigenvalue weighted by atomic mass is 10.00. The van der Waals surface area contributed by atoms with Crippen LogP contribution in [0, 0.1) is 0 Å². The van der Waals surface area contributed by atoms with E-state index in [1.54, 1.807) is 11.3 Å². The number of ether oxygens (including phenoxy) is 2. The van der Waals surface area contributed by atoms with Gasteiger partial charge in [0.15, 0.2) is 17.0 Å². The predicted molar refractivity (Wildman–Crippen MR) is 117 cm³/mol. The Hall–Kier alpha value is -3.85. The van der Waals surface area contributed by atoms with Crippen LogP contribution in [0.4, 0.5) is 0 Å². The number of hydrogen-bond donors (Lipinski definition) is 1. The number of allylic oxidation sites excluding steroid dienone is 2. The molecule has 4 heterocycles. The van der Waals surface area contributed by atoms with E-state index >= 15 is 0 Å². The van der Waals surface area contributed by atoms with Crippen LogP contribution in [0.25, 0.3) is 27.6 Å². The molecule has 2 aromatic carbocycles. The van der Waals surface area contributed by atoms with Gasteiger partial charge in [0, 0.05) is 43.5 Å². The van der Waals surface area contributed by atoms with Crippen LogP contribution in [-0.2, 0) is 9.57 Å². The Morgan fingerprint density at radius 3 is 2.88 bits per heavy atom. The van der Waals surface area contributed by atoms with Crippen LogP contribution in [0.1, 0.15) is 30.1 Å². The number of benzene rings is 2. The normalized spacial score (nSPS) is 17.0. The van der Waals surface area contributed by atoms with Crippen molar-refractivity contribution >= 4 is 27.6 Å². The molecular weight excluding hydrogens is 410 g/mol. The van der Waals surface area contributed by atoms with Gasteiger partial charge in [0.05, 0.1) is 5.52 Å². The first-order chi connectivity index (χ1) is 15.8. The number of nitrogens with one attached hydrogen (secondary N) is 1. The van der Waals surface area contributed by atoms with E-state index in [2.05, 4.69) is 15.3 Å². The van der Waals surface area contributed by atoms with Crippen molar-refractivity contribution < 1.29 is 18.9 Å². The number of fused-ring (bicyclic) bond motifs is 2. The van der Waals surface area contributed by atoms with E-state index in [0.717, 1.165) is 54.0 Å². The highest BCUT2D eigenvalue weighted by molar-refractivity contribution is 5.92. The lowest BCUT2D eigenvalue weighted by Gasteiger charge is -2.20. The summed E-state index contributed by atoms with van der Waals surface area (Å²) in [4.78, 5) is 13.9. The van der Waals surface area contributed by atoms with Crippen LogP contribution >= 0.6 is 0 Å². The number of H-pyrrole nitrogens is 1. The molecule has 4 aromatic rings. The molecule has 9 nitrogen and oxygen atoms in total. The summed E-state index contributed by atoms with van der Waals surface area (Å²) in [6.07, 6.45) is 7.34. The Bertz CT molecular complexity index is 1350. The van der Waals surface area contributed by atoms with Gasteiger partial charge in [-0.2, -0.15) is 0 Å². The van der Waals surface area contributed by atoms with Crippen LogP contribution in [0.3, 0.4) is 0 Å². The van der Waals surface area contributed by atoms with Gasteiger partial charge >= 0.3 is 0 Å². The van der Waals surface area contributed by atoms with Crippen LogP contribution in [0.2, 0.25) is 0 Å². The topological polar surface area (TPSA) is 98.5 Å². The first kappa shape index (κ1) is 18.9. The summed E-state index contributed by atoms with van der Waals surface area (Å²) in [5.74, 6) is 2.49. The molecule has 2 aliphatic heterocycles. The number of hydrogen-bond acceptors (Lipinski definition) is 8. The van der Waals surface area contributed by atoms with Crippen molar-refractivity contribution in [3.63, 3.8) is 0 Å². The maximum absolute atomic E-state index is 6.48. The molecule has 0 radical (unpaired) electrons. The minimum Gasteiger partial charge on any atom is -0.452 e. The summed E-state index contributed by atoms with van der Waals surface area (Å²) in [7, 11) is 1.84. The summed E-state index contributed by atoms with van der Waals surface area (Å²) in [6, 6.07) is 9.61. The van der Waals surface area contributed by atoms with E-state index in [1.807, 2.05) is 49.7 Å². The molecule has 0 saturated carbocycles. The third kappa shape index (κ3) is 3.27.